The number of anilines is 1. The molecule has 0 aliphatic carbocycles. The molecular weight excluding hydrogens is 248 g/mol. The van der Waals surface area contributed by atoms with Gasteiger partial charge in [0.15, 0.2) is 0 Å². The molecule has 1 atom stereocenters. The molecule has 3 nitrogen and oxygen atoms in total. The Bertz CT molecular complexity index is 433. The number of rotatable bonds is 5. The molecule has 0 saturated carbocycles. The van der Waals surface area contributed by atoms with Gasteiger partial charge in [-0.3, -0.25) is 4.79 Å². The Kier molecular flexibility index (Phi) is 5.18. The Morgan fingerprint density at radius 1 is 1.30 bits per heavy atom. The molecule has 20 heavy (non-hydrogen) atoms. The molecule has 2 N–H and O–H groups in total. The molecule has 1 aliphatic heterocycles. The monoisotopic (exact) mass is 274 g/mol. The molecule has 0 aromatic heterocycles. The van der Waals surface area contributed by atoms with Gasteiger partial charge < -0.3 is 10.6 Å². The molecule has 110 valence electrons. The maximum Gasteiger partial charge on any atom is 0.244 e. The molecule has 1 heterocycles. The molecule has 1 aromatic carbocycles. The van der Waals surface area contributed by atoms with E-state index in [4.69, 9.17) is 0 Å². The van der Waals surface area contributed by atoms with Crippen LogP contribution in [0.15, 0.2) is 24.3 Å². The maximum absolute atomic E-state index is 12.4. The van der Waals surface area contributed by atoms with Crippen LogP contribution in [-0.4, -0.2) is 18.0 Å². The highest BCUT2D eigenvalue weighted by molar-refractivity contribution is 5.97. The number of piperidine rings is 1. The zero-order valence-corrected chi connectivity index (χ0v) is 12.7. The quantitative estimate of drug-likeness (QED) is 0.863. The fourth-order valence-corrected chi connectivity index (χ4v) is 2.65. The van der Waals surface area contributed by atoms with Crippen molar-refractivity contribution in [3.05, 3.63) is 29.8 Å². The SMILES string of the molecule is CCCCc1ccc(NC(=O)C2(C)CCCCN2)cc1. The van der Waals surface area contributed by atoms with Crippen LogP contribution in [0, 0.1) is 0 Å². The molecule has 1 unspecified atom stereocenters. The van der Waals surface area contributed by atoms with Crippen molar-refractivity contribution in [1.29, 1.82) is 0 Å². The van der Waals surface area contributed by atoms with Crippen LogP contribution >= 0.6 is 0 Å². The number of carbonyl (C=O) groups is 1. The number of hydrogen-bond acceptors (Lipinski definition) is 2. The van der Waals surface area contributed by atoms with Gasteiger partial charge in [0.05, 0.1) is 5.54 Å². The van der Waals surface area contributed by atoms with Gasteiger partial charge in [0.2, 0.25) is 5.91 Å². The largest absolute Gasteiger partial charge is 0.324 e. The molecule has 0 spiro atoms. The van der Waals surface area contributed by atoms with Crippen molar-refractivity contribution >= 4 is 11.6 Å². The molecule has 1 amide bonds. The van der Waals surface area contributed by atoms with E-state index in [1.54, 1.807) is 0 Å². The summed E-state index contributed by atoms with van der Waals surface area (Å²) in [6.45, 7) is 5.13. The van der Waals surface area contributed by atoms with Crippen LogP contribution < -0.4 is 10.6 Å². The lowest BCUT2D eigenvalue weighted by Crippen LogP contribution is -2.54. The van der Waals surface area contributed by atoms with E-state index >= 15 is 0 Å². The van der Waals surface area contributed by atoms with Gasteiger partial charge in [-0.15, -0.1) is 0 Å². The number of carbonyl (C=O) groups excluding carboxylic acids is 1. The molecule has 1 fully saturated rings. The van der Waals surface area contributed by atoms with E-state index in [1.165, 1.54) is 18.4 Å². The fraction of sp³-hybridized carbons (Fsp3) is 0.588. The first-order chi connectivity index (χ1) is 9.64. The first-order valence-electron chi connectivity index (χ1n) is 7.79. The average molecular weight is 274 g/mol. The molecule has 1 saturated heterocycles. The molecule has 1 aliphatic rings. The van der Waals surface area contributed by atoms with Crippen LogP contribution in [-0.2, 0) is 11.2 Å². The normalized spacial score (nSPS) is 22.5. The number of hydrogen-bond donors (Lipinski definition) is 2. The van der Waals surface area contributed by atoms with Gasteiger partial charge in [-0.05, 0) is 63.3 Å². The second kappa shape index (κ2) is 6.89. The standard InChI is InChI=1S/C17H26N2O/c1-3-4-7-14-8-10-15(11-9-14)19-16(20)17(2)12-5-6-13-18-17/h8-11,18H,3-7,12-13H2,1-2H3,(H,19,20). The van der Waals surface area contributed by atoms with Crippen molar-refractivity contribution in [1.82, 2.24) is 5.32 Å². The number of benzene rings is 1. The maximum atomic E-state index is 12.4. The summed E-state index contributed by atoms with van der Waals surface area (Å²) in [6, 6.07) is 8.24. The van der Waals surface area contributed by atoms with Crippen molar-refractivity contribution in [2.75, 3.05) is 11.9 Å². The van der Waals surface area contributed by atoms with Crippen molar-refractivity contribution < 1.29 is 4.79 Å². The summed E-state index contributed by atoms with van der Waals surface area (Å²) in [5, 5.41) is 6.38. The number of amides is 1. The summed E-state index contributed by atoms with van der Waals surface area (Å²) in [6.07, 6.45) is 6.73. The molecule has 1 aromatic rings. The fourth-order valence-electron chi connectivity index (χ4n) is 2.65. The van der Waals surface area contributed by atoms with Gasteiger partial charge in [-0.2, -0.15) is 0 Å². The summed E-state index contributed by atoms with van der Waals surface area (Å²) in [4.78, 5) is 12.4. The molecule has 0 bridgehead atoms. The Morgan fingerprint density at radius 2 is 2.05 bits per heavy atom. The predicted octanol–water partition coefficient (Wildman–Crippen LogP) is 3.50. The Labute approximate surface area is 122 Å². The highest BCUT2D eigenvalue weighted by Gasteiger charge is 2.34. The number of nitrogens with one attached hydrogen (secondary N) is 2. The second-order valence-electron chi connectivity index (χ2n) is 5.97. The van der Waals surface area contributed by atoms with E-state index in [9.17, 15) is 4.79 Å². The third kappa shape index (κ3) is 3.83. The molecular formula is C17H26N2O. The number of unbranched alkanes of at least 4 members (excludes halogenated alkanes) is 1. The van der Waals surface area contributed by atoms with E-state index in [0.29, 0.717) is 0 Å². The van der Waals surface area contributed by atoms with Gasteiger partial charge in [0.1, 0.15) is 0 Å². The van der Waals surface area contributed by atoms with Crippen molar-refractivity contribution in [2.24, 2.45) is 0 Å². The van der Waals surface area contributed by atoms with Crippen LogP contribution in [0.3, 0.4) is 0 Å². The minimum Gasteiger partial charge on any atom is -0.324 e. The van der Waals surface area contributed by atoms with Crippen LogP contribution in [0.2, 0.25) is 0 Å². The van der Waals surface area contributed by atoms with Crippen LogP contribution in [0.1, 0.15) is 51.5 Å². The van der Waals surface area contributed by atoms with E-state index in [1.807, 2.05) is 19.1 Å². The Hall–Kier alpha value is -1.35. The zero-order valence-electron chi connectivity index (χ0n) is 12.7. The topological polar surface area (TPSA) is 41.1 Å². The van der Waals surface area contributed by atoms with Crippen molar-refractivity contribution in [2.45, 2.75) is 57.9 Å². The first-order valence-corrected chi connectivity index (χ1v) is 7.79. The van der Waals surface area contributed by atoms with Gasteiger partial charge in [-0.1, -0.05) is 25.5 Å². The summed E-state index contributed by atoms with van der Waals surface area (Å²) in [5.74, 6) is 0.0820. The zero-order chi connectivity index (χ0) is 14.4. The highest BCUT2D eigenvalue weighted by Crippen LogP contribution is 2.21. The first kappa shape index (κ1) is 15.0. The van der Waals surface area contributed by atoms with Crippen molar-refractivity contribution in [3.8, 4) is 0 Å². The Balaban J connectivity index is 1.93. The lowest BCUT2D eigenvalue weighted by atomic mass is 9.90. The van der Waals surface area contributed by atoms with Gasteiger partial charge in [0, 0.05) is 5.69 Å². The van der Waals surface area contributed by atoms with Crippen LogP contribution in [0.25, 0.3) is 0 Å². The van der Waals surface area contributed by atoms with Crippen LogP contribution in [0.5, 0.6) is 0 Å². The molecule has 2 rings (SSSR count). The minimum atomic E-state index is -0.418. The summed E-state index contributed by atoms with van der Waals surface area (Å²) < 4.78 is 0. The lowest BCUT2D eigenvalue weighted by Gasteiger charge is -2.33. The highest BCUT2D eigenvalue weighted by atomic mass is 16.2. The van der Waals surface area contributed by atoms with Crippen molar-refractivity contribution in [3.63, 3.8) is 0 Å². The lowest BCUT2D eigenvalue weighted by molar-refractivity contribution is -0.122. The predicted molar refractivity (Wildman–Crippen MR) is 83.9 cm³/mol. The summed E-state index contributed by atoms with van der Waals surface area (Å²) in [7, 11) is 0. The summed E-state index contributed by atoms with van der Waals surface area (Å²) in [5.41, 5.74) is 1.81. The molecule has 3 heteroatoms. The third-order valence-corrected chi connectivity index (χ3v) is 4.15. The summed E-state index contributed by atoms with van der Waals surface area (Å²) >= 11 is 0. The third-order valence-electron chi connectivity index (χ3n) is 4.15. The van der Waals surface area contributed by atoms with E-state index in [2.05, 4.69) is 29.7 Å². The van der Waals surface area contributed by atoms with Gasteiger partial charge >= 0.3 is 0 Å². The van der Waals surface area contributed by atoms with E-state index in [0.717, 1.165) is 37.9 Å². The average Bonchev–Trinajstić information content (AvgIpc) is 2.47. The minimum absolute atomic E-state index is 0.0820. The molecule has 0 radical (unpaired) electrons. The smallest absolute Gasteiger partial charge is 0.244 e. The van der Waals surface area contributed by atoms with E-state index < -0.39 is 5.54 Å². The second-order valence-corrected chi connectivity index (χ2v) is 5.97. The van der Waals surface area contributed by atoms with Crippen LogP contribution in [0.4, 0.5) is 5.69 Å². The Morgan fingerprint density at radius 3 is 2.65 bits per heavy atom. The van der Waals surface area contributed by atoms with Gasteiger partial charge in [-0.25, -0.2) is 0 Å². The van der Waals surface area contributed by atoms with E-state index in [-0.39, 0.29) is 5.91 Å². The number of aryl methyl sites for hydroxylation is 1. The van der Waals surface area contributed by atoms with Gasteiger partial charge in [0.25, 0.3) is 0 Å².